The monoisotopic (exact) mass is 348 g/mol. The molecule has 6 nitrogen and oxygen atoms in total. The summed E-state index contributed by atoms with van der Waals surface area (Å²) in [5, 5.41) is 0. The second kappa shape index (κ2) is 6.13. The zero-order valence-electron chi connectivity index (χ0n) is 14.0. The molecule has 130 valence electrons. The van der Waals surface area contributed by atoms with Gasteiger partial charge in [0.05, 0.1) is 17.4 Å². The number of hydrogen-bond acceptors (Lipinski definition) is 3. The van der Waals surface area contributed by atoms with Crippen molar-refractivity contribution in [1.82, 2.24) is 18.2 Å². The molecular weight excluding hydrogens is 324 g/mol. The lowest BCUT2D eigenvalue weighted by Crippen LogP contribution is -2.47. The van der Waals surface area contributed by atoms with Crippen LogP contribution in [0.4, 0.5) is 0 Å². The number of aromatic nitrogens is 2. The largest absolute Gasteiger partial charge is 0.330 e. The second-order valence-corrected chi connectivity index (χ2v) is 9.00. The smallest absolute Gasteiger partial charge is 0.281 e. The summed E-state index contributed by atoms with van der Waals surface area (Å²) in [6.07, 6.45) is 5.84. The predicted octanol–water partition coefficient (Wildman–Crippen LogP) is 2.09. The van der Waals surface area contributed by atoms with E-state index in [1.54, 1.807) is 15.7 Å². The molecule has 1 aliphatic heterocycles. The Hall–Kier alpha value is -1.44. The van der Waals surface area contributed by atoms with Crippen molar-refractivity contribution in [2.75, 3.05) is 20.1 Å². The van der Waals surface area contributed by atoms with Gasteiger partial charge >= 0.3 is 0 Å². The topological polar surface area (TPSA) is 58.4 Å². The van der Waals surface area contributed by atoms with E-state index in [9.17, 15) is 8.42 Å². The normalized spacial score (nSPS) is 23.2. The average molecular weight is 348 g/mol. The summed E-state index contributed by atoms with van der Waals surface area (Å²) in [6.45, 7) is 2.06. The van der Waals surface area contributed by atoms with E-state index in [0.717, 1.165) is 43.3 Å². The molecule has 0 N–H and O–H groups in total. The molecule has 1 saturated heterocycles. The van der Waals surface area contributed by atoms with Crippen LogP contribution in [0.15, 0.2) is 30.6 Å². The fourth-order valence-electron chi connectivity index (χ4n) is 3.63. The third-order valence-electron chi connectivity index (χ3n) is 5.22. The van der Waals surface area contributed by atoms with Crippen LogP contribution < -0.4 is 0 Å². The van der Waals surface area contributed by atoms with Crippen molar-refractivity contribution >= 4 is 21.2 Å². The second-order valence-electron chi connectivity index (χ2n) is 7.01. The number of benzene rings is 1. The Kier molecular flexibility index (Phi) is 4.10. The van der Waals surface area contributed by atoms with Crippen LogP contribution in [0.1, 0.15) is 25.7 Å². The molecule has 2 aromatic rings. The van der Waals surface area contributed by atoms with E-state index in [2.05, 4.69) is 15.6 Å². The van der Waals surface area contributed by atoms with Gasteiger partial charge < -0.3 is 4.57 Å². The lowest BCUT2D eigenvalue weighted by atomic mass is 9.99. The van der Waals surface area contributed by atoms with Crippen LogP contribution in [0.3, 0.4) is 0 Å². The van der Waals surface area contributed by atoms with Crippen LogP contribution in [-0.2, 0) is 16.8 Å². The lowest BCUT2D eigenvalue weighted by Gasteiger charge is -2.34. The Morgan fingerprint density at radius 3 is 2.83 bits per heavy atom. The van der Waals surface area contributed by atoms with Crippen molar-refractivity contribution in [3.05, 3.63) is 30.6 Å². The molecule has 2 heterocycles. The first-order valence-electron chi connectivity index (χ1n) is 8.68. The summed E-state index contributed by atoms with van der Waals surface area (Å²) in [5.74, 6) is 0.332. The highest BCUT2D eigenvalue weighted by Crippen LogP contribution is 2.31. The van der Waals surface area contributed by atoms with Crippen molar-refractivity contribution in [3.8, 4) is 0 Å². The van der Waals surface area contributed by atoms with Gasteiger partial charge in [0.15, 0.2) is 0 Å². The van der Waals surface area contributed by atoms with Gasteiger partial charge in [0.1, 0.15) is 0 Å². The average Bonchev–Trinajstić information content (AvgIpc) is 3.37. The molecule has 1 unspecified atom stereocenters. The van der Waals surface area contributed by atoms with Gasteiger partial charge in [-0.3, -0.25) is 0 Å². The maximum Gasteiger partial charge on any atom is 0.281 e. The van der Waals surface area contributed by atoms with E-state index in [4.69, 9.17) is 0 Å². The van der Waals surface area contributed by atoms with Crippen molar-refractivity contribution in [1.29, 1.82) is 0 Å². The molecule has 0 amide bonds. The summed E-state index contributed by atoms with van der Waals surface area (Å²) < 4.78 is 30.9. The first-order chi connectivity index (χ1) is 11.6. The van der Waals surface area contributed by atoms with Gasteiger partial charge in [-0.25, -0.2) is 4.98 Å². The van der Waals surface area contributed by atoms with Gasteiger partial charge in [0.2, 0.25) is 0 Å². The molecule has 1 aliphatic carbocycles. The summed E-state index contributed by atoms with van der Waals surface area (Å²) in [4.78, 5) is 4.43. The fraction of sp³-hybridized carbons (Fsp3) is 0.588. The minimum Gasteiger partial charge on any atom is -0.330 e. The molecule has 4 rings (SSSR count). The molecule has 1 atom stereocenters. The summed E-state index contributed by atoms with van der Waals surface area (Å²) >= 11 is 0. The highest BCUT2D eigenvalue weighted by Gasteiger charge is 2.39. The number of piperidine rings is 1. The van der Waals surface area contributed by atoms with Gasteiger partial charge in [0, 0.05) is 32.7 Å². The third kappa shape index (κ3) is 2.96. The van der Waals surface area contributed by atoms with Crippen LogP contribution in [0, 0.1) is 5.92 Å². The van der Waals surface area contributed by atoms with Crippen LogP contribution in [0.25, 0.3) is 11.0 Å². The number of rotatable bonds is 5. The molecule has 0 radical (unpaired) electrons. The number of imidazole rings is 1. The molecule has 0 bridgehead atoms. The Balaban J connectivity index is 1.49. The lowest BCUT2D eigenvalue weighted by molar-refractivity contribution is 0.234. The van der Waals surface area contributed by atoms with Crippen molar-refractivity contribution in [2.45, 2.75) is 38.3 Å². The van der Waals surface area contributed by atoms with E-state index in [1.165, 1.54) is 0 Å². The van der Waals surface area contributed by atoms with E-state index >= 15 is 0 Å². The maximum atomic E-state index is 12.8. The Morgan fingerprint density at radius 1 is 1.25 bits per heavy atom. The Bertz CT molecular complexity index is 828. The Labute approximate surface area is 143 Å². The molecule has 24 heavy (non-hydrogen) atoms. The van der Waals surface area contributed by atoms with Gasteiger partial charge in [-0.1, -0.05) is 12.1 Å². The molecule has 1 aromatic carbocycles. The molecular formula is C17H24N4O2S. The first kappa shape index (κ1) is 16.1. The quantitative estimate of drug-likeness (QED) is 0.831. The minimum absolute atomic E-state index is 0.216. The maximum absolute atomic E-state index is 12.8. The zero-order chi connectivity index (χ0) is 16.7. The molecule has 1 aromatic heterocycles. The third-order valence-corrected chi connectivity index (χ3v) is 7.23. The van der Waals surface area contributed by atoms with Gasteiger partial charge in [-0.05, 0) is 43.7 Å². The predicted molar refractivity (Wildman–Crippen MR) is 93.7 cm³/mol. The van der Waals surface area contributed by atoms with Crippen molar-refractivity contribution in [3.63, 3.8) is 0 Å². The van der Waals surface area contributed by atoms with Crippen molar-refractivity contribution in [2.24, 2.45) is 5.92 Å². The molecule has 7 heteroatoms. The SMILES string of the molecule is CN(C1CC1)S(=O)(=O)N1CCCC(Cn2cnc3ccccc32)C1. The summed E-state index contributed by atoms with van der Waals surface area (Å²) in [6, 6.07) is 8.30. The summed E-state index contributed by atoms with van der Waals surface area (Å²) in [5.41, 5.74) is 2.11. The minimum atomic E-state index is -3.31. The van der Waals surface area contributed by atoms with Crippen LogP contribution >= 0.6 is 0 Å². The number of para-hydroxylation sites is 2. The molecule has 1 saturated carbocycles. The number of nitrogens with zero attached hydrogens (tertiary/aromatic N) is 4. The molecule has 2 fully saturated rings. The highest BCUT2D eigenvalue weighted by atomic mass is 32.2. The van der Waals surface area contributed by atoms with Gasteiger partial charge in [-0.15, -0.1) is 0 Å². The van der Waals surface area contributed by atoms with Gasteiger partial charge in [-0.2, -0.15) is 17.0 Å². The van der Waals surface area contributed by atoms with Crippen LogP contribution in [-0.4, -0.2) is 52.8 Å². The first-order valence-corrected chi connectivity index (χ1v) is 10.1. The highest BCUT2D eigenvalue weighted by molar-refractivity contribution is 7.86. The Morgan fingerprint density at radius 2 is 2.04 bits per heavy atom. The van der Waals surface area contributed by atoms with Crippen LogP contribution in [0.5, 0.6) is 0 Å². The van der Waals surface area contributed by atoms with Gasteiger partial charge in [0.25, 0.3) is 10.2 Å². The van der Waals surface area contributed by atoms with E-state index < -0.39 is 10.2 Å². The van der Waals surface area contributed by atoms with Crippen molar-refractivity contribution < 1.29 is 8.42 Å². The van der Waals surface area contributed by atoms with E-state index in [-0.39, 0.29) is 6.04 Å². The zero-order valence-corrected chi connectivity index (χ0v) is 14.8. The fourth-order valence-corrected chi connectivity index (χ4v) is 5.34. The van der Waals surface area contributed by atoms with E-state index in [1.807, 2.05) is 24.5 Å². The standard InChI is InChI=1S/C17H24N4O2S/c1-19(15-8-9-15)24(22,23)21-10-4-5-14(12-21)11-20-13-18-16-6-2-3-7-17(16)20/h2-3,6-7,13-15H,4-5,8-12H2,1H3. The number of fused-ring (bicyclic) bond motifs is 1. The summed E-state index contributed by atoms with van der Waals surface area (Å²) in [7, 11) is -1.59. The van der Waals surface area contributed by atoms with Crippen LogP contribution in [0.2, 0.25) is 0 Å². The molecule has 2 aliphatic rings. The van der Waals surface area contributed by atoms with E-state index in [0.29, 0.717) is 19.0 Å². The number of hydrogen-bond donors (Lipinski definition) is 0. The molecule has 0 spiro atoms.